The second-order valence-corrected chi connectivity index (χ2v) is 7.08. The van der Waals surface area contributed by atoms with Gasteiger partial charge in [-0.1, -0.05) is 0 Å². The molecule has 0 aliphatic carbocycles. The Morgan fingerprint density at radius 1 is 1.38 bits per heavy atom. The van der Waals surface area contributed by atoms with Crippen LogP contribution in [0.5, 0.6) is 0 Å². The fourth-order valence-electron chi connectivity index (χ4n) is 1.75. The average molecular weight is 434 g/mol. The number of carbonyl (C=O) groups is 1. The van der Waals surface area contributed by atoms with Gasteiger partial charge in [-0.2, -0.15) is 0 Å². The Balaban J connectivity index is 2.19. The van der Waals surface area contributed by atoms with Crippen molar-refractivity contribution in [2.75, 3.05) is 7.05 Å². The minimum Gasteiger partial charge on any atom is -0.337 e. The van der Waals surface area contributed by atoms with E-state index in [9.17, 15) is 14.9 Å². The van der Waals surface area contributed by atoms with Gasteiger partial charge in [0.1, 0.15) is 0 Å². The highest BCUT2D eigenvalue weighted by Gasteiger charge is 2.18. The summed E-state index contributed by atoms with van der Waals surface area (Å²) < 4.78 is 1.33. The second kappa shape index (κ2) is 6.67. The third-order valence-electron chi connectivity index (χ3n) is 2.75. The first-order valence-electron chi connectivity index (χ1n) is 5.81. The van der Waals surface area contributed by atoms with Crippen LogP contribution in [0.25, 0.3) is 0 Å². The van der Waals surface area contributed by atoms with Crippen LogP contribution in [0.3, 0.4) is 0 Å². The number of nitrogens with zero attached hydrogens (tertiary/aromatic N) is 2. The van der Waals surface area contributed by atoms with E-state index in [0.29, 0.717) is 16.6 Å². The Bertz CT molecular complexity index is 702. The van der Waals surface area contributed by atoms with E-state index in [1.165, 1.54) is 17.0 Å². The van der Waals surface area contributed by atoms with E-state index in [4.69, 9.17) is 0 Å². The van der Waals surface area contributed by atoms with Crippen molar-refractivity contribution < 1.29 is 9.72 Å². The van der Waals surface area contributed by atoms with Crippen molar-refractivity contribution in [3.8, 4) is 0 Å². The van der Waals surface area contributed by atoms with Gasteiger partial charge in [0.25, 0.3) is 11.6 Å². The molecule has 0 saturated carbocycles. The van der Waals surface area contributed by atoms with E-state index in [2.05, 4.69) is 31.9 Å². The lowest BCUT2D eigenvalue weighted by Gasteiger charge is -2.16. The number of thiophene rings is 1. The van der Waals surface area contributed by atoms with Gasteiger partial charge in [0.05, 0.1) is 15.9 Å². The molecule has 5 nitrogen and oxygen atoms in total. The number of hydrogen-bond donors (Lipinski definition) is 0. The molecule has 0 N–H and O–H groups in total. The van der Waals surface area contributed by atoms with Crippen LogP contribution in [0, 0.1) is 10.1 Å². The van der Waals surface area contributed by atoms with E-state index in [0.717, 1.165) is 9.35 Å². The van der Waals surface area contributed by atoms with Gasteiger partial charge >= 0.3 is 0 Å². The molecule has 0 fully saturated rings. The van der Waals surface area contributed by atoms with Crippen LogP contribution >= 0.6 is 43.2 Å². The van der Waals surface area contributed by atoms with E-state index in [-0.39, 0.29) is 11.6 Å². The van der Waals surface area contributed by atoms with Crippen molar-refractivity contribution in [3.05, 3.63) is 59.1 Å². The van der Waals surface area contributed by atoms with Crippen LogP contribution < -0.4 is 0 Å². The smallest absolute Gasteiger partial charge is 0.284 e. The minimum atomic E-state index is -0.517. The molecular weight excluding hydrogens is 424 g/mol. The molecule has 1 heterocycles. The van der Waals surface area contributed by atoms with Crippen molar-refractivity contribution in [2.45, 2.75) is 6.54 Å². The minimum absolute atomic E-state index is 0.117. The largest absolute Gasteiger partial charge is 0.337 e. The van der Waals surface area contributed by atoms with Gasteiger partial charge in [-0.25, -0.2) is 0 Å². The van der Waals surface area contributed by atoms with Crippen LogP contribution in [0.15, 0.2) is 38.6 Å². The van der Waals surface area contributed by atoms with Gasteiger partial charge < -0.3 is 4.90 Å². The summed E-state index contributed by atoms with van der Waals surface area (Å²) in [5, 5.41) is 12.8. The monoisotopic (exact) mass is 432 g/mol. The summed E-state index contributed by atoms with van der Waals surface area (Å²) in [6, 6.07) is 6.31. The van der Waals surface area contributed by atoms with Crippen molar-refractivity contribution in [1.29, 1.82) is 0 Å². The Morgan fingerprint density at radius 2 is 2.10 bits per heavy atom. The summed E-state index contributed by atoms with van der Waals surface area (Å²) >= 11 is 8.01. The molecule has 1 aromatic carbocycles. The number of carbonyl (C=O) groups excluding carboxylic acids is 1. The maximum atomic E-state index is 12.3. The molecule has 8 heteroatoms. The maximum Gasteiger partial charge on any atom is 0.284 e. The number of nitro benzene ring substituents is 1. The van der Waals surface area contributed by atoms with Crippen molar-refractivity contribution in [2.24, 2.45) is 0 Å². The molecule has 0 unspecified atom stereocenters. The zero-order valence-corrected chi connectivity index (χ0v) is 14.9. The highest BCUT2D eigenvalue weighted by Crippen LogP contribution is 2.26. The number of benzene rings is 1. The zero-order chi connectivity index (χ0) is 15.6. The van der Waals surface area contributed by atoms with E-state index >= 15 is 0 Å². The van der Waals surface area contributed by atoms with Crippen LogP contribution in [0.2, 0.25) is 0 Å². The lowest BCUT2D eigenvalue weighted by atomic mass is 10.2. The Hall–Kier alpha value is -1.25. The van der Waals surface area contributed by atoms with Gasteiger partial charge in [0.15, 0.2) is 0 Å². The molecule has 0 spiro atoms. The van der Waals surface area contributed by atoms with Crippen LogP contribution in [-0.4, -0.2) is 22.8 Å². The molecule has 110 valence electrons. The molecule has 0 radical (unpaired) electrons. The Morgan fingerprint density at radius 3 is 2.67 bits per heavy atom. The highest BCUT2D eigenvalue weighted by molar-refractivity contribution is 9.10. The molecule has 0 bridgehead atoms. The quantitative estimate of drug-likeness (QED) is 0.528. The number of hydrogen-bond acceptors (Lipinski definition) is 4. The standard InChI is InChI=1S/C13H10Br2N2O3S/c1-16(6-10-5-9(14)7-21-10)13(18)8-2-3-11(15)12(4-8)17(19)20/h2-5,7H,6H2,1H3. The van der Waals surface area contributed by atoms with E-state index in [1.54, 1.807) is 24.5 Å². The normalized spacial score (nSPS) is 10.4. The number of nitro groups is 1. The number of rotatable bonds is 4. The van der Waals surface area contributed by atoms with Gasteiger partial charge in [-0.05, 0) is 50.1 Å². The summed E-state index contributed by atoms with van der Waals surface area (Å²) in [4.78, 5) is 25.3. The summed E-state index contributed by atoms with van der Waals surface area (Å²) in [6.45, 7) is 0.457. The first kappa shape index (κ1) is 16.1. The predicted molar refractivity (Wildman–Crippen MR) is 88.6 cm³/mol. The molecule has 0 atom stereocenters. The van der Waals surface area contributed by atoms with Gasteiger partial charge in [-0.3, -0.25) is 14.9 Å². The van der Waals surface area contributed by atoms with Crippen LogP contribution in [0.4, 0.5) is 5.69 Å². The third kappa shape index (κ3) is 3.90. The molecule has 0 aliphatic heterocycles. The Kier molecular flexibility index (Phi) is 5.13. The van der Waals surface area contributed by atoms with Crippen molar-refractivity contribution in [1.82, 2.24) is 4.90 Å². The first-order valence-corrected chi connectivity index (χ1v) is 8.27. The third-order valence-corrected chi connectivity index (χ3v) is 5.10. The van der Waals surface area contributed by atoms with Crippen molar-refractivity contribution >= 4 is 54.8 Å². The second-order valence-electron chi connectivity index (χ2n) is 4.32. The fraction of sp³-hybridized carbons (Fsp3) is 0.154. The summed E-state index contributed by atoms with van der Waals surface area (Å²) in [6.07, 6.45) is 0. The van der Waals surface area contributed by atoms with Crippen molar-refractivity contribution in [3.63, 3.8) is 0 Å². The highest BCUT2D eigenvalue weighted by atomic mass is 79.9. The van der Waals surface area contributed by atoms with Gasteiger partial charge in [0, 0.05) is 33.4 Å². The topological polar surface area (TPSA) is 63.5 Å². The maximum absolute atomic E-state index is 12.3. The fourth-order valence-corrected chi connectivity index (χ4v) is 3.64. The van der Waals surface area contributed by atoms with Crippen LogP contribution in [-0.2, 0) is 6.54 Å². The lowest BCUT2D eigenvalue weighted by Crippen LogP contribution is -2.25. The summed E-state index contributed by atoms with van der Waals surface area (Å²) in [5.41, 5.74) is 0.177. The first-order chi connectivity index (χ1) is 9.88. The lowest BCUT2D eigenvalue weighted by molar-refractivity contribution is -0.385. The number of halogens is 2. The van der Waals surface area contributed by atoms with Crippen LogP contribution in [0.1, 0.15) is 15.2 Å². The molecule has 2 rings (SSSR count). The molecule has 21 heavy (non-hydrogen) atoms. The number of amides is 1. The average Bonchev–Trinajstić information content (AvgIpc) is 2.83. The summed E-state index contributed by atoms with van der Waals surface area (Å²) in [7, 11) is 1.67. The van der Waals surface area contributed by atoms with E-state index < -0.39 is 4.92 Å². The SMILES string of the molecule is CN(Cc1cc(Br)cs1)C(=O)c1ccc(Br)c([N+](=O)[O-])c1. The predicted octanol–water partition coefficient (Wildman–Crippen LogP) is 4.45. The zero-order valence-electron chi connectivity index (χ0n) is 10.9. The molecular formula is C13H10Br2N2O3S. The molecule has 0 saturated heterocycles. The Labute approximate surface area is 142 Å². The van der Waals surface area contributed by atoms with E-state index in [1.807, 2.05) is 11.4 Å². The molecule has 0 aliphatic rings. The van der Waals surface area contributed by atoms with Gasteiger partial charge in [0.2, 0.25) is 0 Å². The van der Waals surface area contributed by atoms with Gasteiger partial charge in [-0.15, -0.1) is 11.3 Å². The molecule has 1 aromatic heterocycles. The molecule has 2 aromatic rings. The molecule has 1 amide bonds. The summed E-state index contributed by atoms with van der Waals surface area (Å²) in [5.74, 6) is -0.255.